The quantitative estimate of drug-likeness (QED) is 0.861. The molecule has 0 aliphatic rings. The number of nitrogens with one attached hydrogen (secondary N) is 1. The minimum Gasteiger partial charge on any atom is -0.480 e. The van der Waals surface area contributed by atoms with Crippen LogP contribution in [0.2, 0.25) is 0 Å². The summed E-state index contributed by atoms with van der Waals surface area (Å²) < 4.78 is 13.5. The van der Waals surface area contributed by atoms with Crippen molar-refractivity contribution in [3.8, 4) is 0 Å². The Morgan fingerprint density at radius 3 is 2.68 bits per heavy atom. The van der Waals surface area contributed by atoms with Gasteiger partial charge in [-0.1, -0.05) is 13.0 Å². The fourth-order valence-electron chi connectivity index (χ4n) is 1.61. The molecule has 0 aromatic heterocycles. The van der Waals surface area contributed by atoms with E-state index in [2.05, 4.69) is 5.32 Å². The zero-order valence-corrected chi connectivity index (χ0v) is 10.9. The number of aliphatic carboxylic acids is 1. The summed E-state index contributed by atoms with van der Waals surface area (Å²) in [4.78, 5) is 23.7. The monoisotopic (exact) mass is 268 g/mol. The average Bonchev–Trinajstić information content (AvgIpc) is 2.32. The van der Waals surface area contributed by atoms with Crippen LogP contribution in [0.15, 0.2) is 18.2 Å². The number of amides is 2. The van der Waals surface area contributed by atoms with Crippen LogP contribution < -0.4 is 5.32 Å². The third-order valence-electron chi connectivity index (χ3n) is 2.47. The van der Waals surface area contributed by atoms with Crippen LogP contribution in [0.1, 0.15) is 18.9 Å². The lowest BCUT2D eigenvalue weighted by molar-refractivity contribution is -0.137. The number of carboxylic acid groups (broad SMARTS) is 1. The van der Waals surface area contributed by atoms with E-state index < -0.39 is 24.4 Å². The highest BCUT2D eigenvalue weighted by Gasteiger charge is 2.17. The molecule has 0 saturated heterocycles. The SMILES string of the molecule is CCCN(CC(=O)O)C(=O)Nc1cc(C)ccc1F. The summed E-state index contributed by atoms with van der Waals surface area (Å²) in [5, 5.41) is 11.1. The van der Waals surface area contributed by atoms with Crippen LogP contribution in [-0.4, -0.2) is 35.1 Å². The molecule has 0 saturated carbocycles. The molecule has 1 aromatic carbocycles. The predicted molar refractivity (Wildman–Crippen MR) is 69.7 cm³/mol. The van der Waals surface area contributed by atoms with Gasteiger partial charge in [-0.05, 0) is 31.0 Å². The van der Waals surface area contributed by atoms with Gasteiger partial charge in [-0.25, -0.2) is 9.18 Å². The molecule has 0 heterocycles. The molecule has 0 atom stereocenters. The van der Waals surface area contributed by atoms with Crippen LogP contribution in [0.3, 0.4) is 0 Å². The number of hydrogen-bond acceptors (Lipinski definition) is 2. The third-order valence-corrected chi connectivity index (χ3v) is 2.47. The molecule has 1 rings (SSSR count). The molecule has 0 spiro atoms. The number of hydrogen-bond donors (Lipinski definition) is 2. The summed E-state index contributed by atoms with van der Waals surface area (Å²) in [7, 11) is 0. The van der Waals surface area contributed by atoms with Gasteiger partial charge >= 0.3 is 12.0 Å². The fraction of sp³-hybridized carbons (Fsp3) is 0.385. The summed E-state index contributed by atoms with van der Waals surface area (Å²) in [6.07, 6.45) is 0.622. The van der Waals surface area contributed by atoms with Gasteiger partial charge in [0.05, 0.1) is 5.69 Å². The number of carbonyl (C=O) groups excluding carboxylic acids is 1. The first kappa shape index (κ1) is 14.9. The van der Waals surface area contributed by atoms with Crippen molar-refractivity contribution in [2.24, 2.45) is 0 Å². The molecule has 6 heteroatoms. The Hall–Kier alpha value is -2.11. The standard InChI is InChI=1S/C13H17FN2O3/c1-3-6-16(8-12(17)18)13(19)15-11-7-9(2)4-5-10(11)14/h4-5,7H,3,6,8H2,1-2H3,(H,15,19)(H,17,18). The van der Waals surface area contributed by atoms with Gasteiger partial charge in [0, 0.05) is 6.54 Å². The first-order chi connectivity index (χ1) is 8.93. The molecule has 104 valence electrons. The van der Waals surface area contributed by atoms with Crippen molar-refractivity contribution < 1.29 is 19.1 Å². The first-order valence-corrected chi connectivity index (χ1v) is 5.98. The average molecular weight is 268 g/mol. The van der Waals surface area contributed by atoms with Crippen LogP contribution in [-0.2, 0) is 4.79 Å². The molecule has 0 aliphatic carbocycles. The second-order valence-corrected chi connectivity index (χ2v) is 4.23. The Morgan fingerprint density at radius 1 is 1.42 bits per heavy atom. The van der Waals surface area contributed by atoms with Crippen molar-refractivity contribution in [2.75, 3.05) is 18.4 Å². The highest BCUT2D eigenvalue weighted by molar-refractivity contribution is 5.91. The number of urea groups is 1. The maximum atomic E-state index is 13.5. The molecule has 5 nitrogen and oxygen atoms in total. The molecule has 19 heavy (non-hydrogen) atoms. The van der Waals surface area contributed by atoms with Gasteiger partial charge in [-0.15, -0.1) is 0 Å². The van der Waals surface area contributed by atoms with Crippen molar-refractivity contribution in [2.45, 2.75) is 20.3 Å². The molecule has 0 bridgehead atoms. The highest BCUT2D eigenvalue weighted by atomic mass is 19.1. The van der Waals surface area contributed by atoms with Gasteiger partial charge in [0.1, 0.15) is 12.4 Å². The Bertz CT molecular complexity index is 477. The van der Waals surface area contributed by atoms with Crippen molar-refractivity contribution in [1.29, 1.82) is 0 Å². The fourth-order valence-corrected chi connectivity index (χ4v) is 1.61. The van der Waals surface area contributed by atoms with Gasteiger partial charge in [0.2, 0.25) is 0 Å². The largest absolute Gasteiger partial charge is 0.480 e. The first-order valence-electron chi connectivity index (χ1n) is 5.98. The molecule has 0 fully saturated rings. The minimum atomic E-state index is -1.10. The Balaban J connectivity index is 2.80. The van der Waals surface area contributed by atoms with Crippen LogP contribution in [0.5, 0.6) is 0 Å². The summed E-state index contributed by atoms with van der Waals surface area (Å²) in [5.74, 6) is -1.65. The molecule has 0 aliphatic heterocycles. The number of nitrogens with zero attached hydrogens (tertiary/aromatic N) is 1. The van der Waals surface area contributed by atoms with Crippen molar-refractivity contribution in [3.63, 3.8) is 0 Å². The maximum absolute atomic E-state index is 13.5. The second kappa shape index (κ2) is 6.72. The smallest absolute Gasteiger partial charge is 0.323 e. The Labute approximate surface area is 111 Å². The van der Waals surface area contributed by atoms with E-state index in [0.717, 1.165) is 10.5 Å². The molecule has 0 radical (unpaired) electrons. The molecular formula is C13H17FN2O3. The summed E-state index contributed by atoms with van der Waals surface area (Å²) in [6, 6.07) is 3.73. The van der Waals surface area contributed by atoms with Crippen LogP contribution in [0.4, 0.5) is 14.9 Å². The number of carbonyl (C=O) groups is 2. The lowest BCUT2D eigenvalue weighted by Gasteiger charge is -2.20. The maximum Gasteiger partial charge on any atom is 0.323 e. The van der Waals surface area contributed by atoms with Gasteiger partial charge < -0.3 is 15.3 Å². The van der Waals surface area contributed by atoms with E-state index >= 15 is 0 Å². The highest BCUT2D eigenvalue weighted by Crippen LogP contribution is 2.16. The van der Waals surface area contributed by atoms with Crippen LogP contribution in [0.25, 0.3) is 0 Å². The van der Waals surface area contributed by atoms with E-state index in [4.69, 9.17) is 5.11 Å². The van der Waals surface area contributed by atoms with Gasteiger partial charge in [0.25, 0.3) is 0 Å². The van der Waals surface area contributed by atoms with E-state index in [-0.39, 0.29) is 5.69 Å². The molecule has 2 N–H and O–H groups in total. The number of anilines is 1. The van der Waals surface area contributed by atoms with E-state index in [9.17, 15) is 14.0 Å². The number of aryl methyl sites for hydroxylation is 1. The lowest BCUT2D eigenvalue weighted by Crippen LogP contribution is -2.39. The van der Waals surface area contributed by atoms with Gasteiger partial charge in [0.15, 0.2) is 0 Å². The third kappa shape index (κ3) is 4.57. The van der Waals surface area contributed by atoms with Crippen LogP contribution >= 0.6 is 0 Å². The van der Waals surface area contributed by atoms with Crippen molar-refractivity contribution in [3.05, 3.63) is 29.6 Å². The van der Waals surface area contributed by atoms with Gasteiger partial charge in [-0.3, -0.25) is 4.79 Å². The van der Waals surface area contributed by atoms with E-state index in [1.165, 1.54) is 12.1 Å². The summed E-state index contributed by atoms with van der Waals surface area (Å²) in [5.41, 5.74) is 0.855. The van der Waals surface area contributed by atoms with E-state index in [0.29, 0.717) is 13.0 Å². The number of rotatable bonds is 5. The van der Waals surface area contributed by atoms with Gasteiger partial charge in [-0.2, -0.15) is 0 Å². The zero-order valence-electron chi connectivity index (χ0n) is 10.9. The normalized spacial score (nSPS) is 10.1. The molecule has 1 aromatic rings. The predicted octanol–water partition coefficient (Wildman–Crippen LogP) is 2.46. The second-order valence-electron chi connectivity index (χ2n) is 4.23. The Morgan fingerprint density at radius 2 is 2.11 bits per heavy atom. The van der Waals surface area contributed by atoms with Crippen LogP contribution in [0, 0.1) is 12.7 Å². The number of halogens is 1. The summed E-state index contributed by atoms with van der Waals surface area (Å²) >= 11 is 0. The number of benzene rings is 1. The van der Waals surface area contributed by atoms with E-state index in [1.807, 2.05) is 6.92 Å². The zero-order chi connectivity index (χ0) is 14.4. The minimum absolute atomic E-state index is 0.0523. The lowest BCUT2D eigenvalue weighted by atomic mass is 10.2. The molecule has 0 unspecified atom stereocenters. The molecular weight excluding hydrogens is 251 g/mol. The van der Waals surface area contributed by atoms with Crippen molar-refractivity contribution in [1.82, 2.24) is 4.90 Å². The van der Waals surface area contributed by atoms with E-state index in [1.54, 1.807) is 13.0 Å². The molecule has 2 amide bonds. The number of carboxylic acids is 1. The Kier molecular flexibility index (Phi) is 5.29. The topological polar surface area (TPSA) is 69.6 Å². The van der Waals surface area contributed by atoms with Crippen molar-refractivity contribution >= 4 is 17.7 Å². The summed E-state index contributed by atoms with van der Waals surface area (Å²) in [6.45, 7) is 3.49.